The molecule has 1 heterocycles. The zero-order chi connectivity index (χ0) is 19.2. The minimum atomic E-state index is -0.417. The number of rotatable bonds is 6. The van der Waals surface area contributed by atoms with Crippen molar-refractivity contribution in [2.24, 2.45) is 5.92 Å². The van der Waals surface area contributed by atoms with Crippen molar-refractivity contribution in [3.8, 4) is 0 Å². The second kappa shape index (κ2) is 9.34. The van der Waals surface area contributed by atoms with Crippen LogP contribution in [-0.2, 0) is 4.79 Å². The molecule has 0 radical (unpaired) electrons. The number of amides is 2. The van der Waals surface area contributed by atoms with Gasteiger partial charge in [0.15, 0.2) is 0 Å². The van der Waals surface area contributed by atoms with Crippen molar-refractivity contribution in [1.29, 1.82) is 0 Å². The molecule has 2 aliphatic rings. The third kappa shape index (κ3) is 5.30. The Labute approximate surface area is 161 Å². The number of halogens is 1. The van der Waals surface area contributed by atoms with Gasteiger partial charge in [-0.2, -0.15) is 0 Å². The van der Waals surface area contributed by atoms with Crippen molar-refractivity contribution in [1.82, 2.24) is 10.2 Å². The minimum absolute atomic E-state index is 0.0564. The molecule has 0 aromatic heterocycles. The molecule has 2 amide bonds. The lowest BCUT2D eigenvalue weighted by atomic mass is 9.85. The number of carbonyl (C=O) groups is 2. The standard InChI is InChI=1S/C22H31FN2O2/c1-16(9-10-17-6-3-2-4-7-17)24-21(26)20-8-5-15-25(20)22(27)18-11-13-19(23)14-12-18/h11-14,16-17,20H,2-10,15H2,1H3,(H,24,26)/t16-,20+/m1/s1. The first-order valence-electron chi connectivity index (χ1n) is 10.4. The maximum atomic E-state index is 13.1. The molecular formula is C22H31FN2O2. The van der Waals surface area contributed by atoms with E-state index in [1.807, 2.05) is 0 Å². The van der Waals surface area contributed by atoms with Crippen molar-refractivity contribution >= 4 is 11.8 Å². The van der Waals surface area contributed by atoms with Crippen molar-refractivity contribution in [3.63, 3.8) is 0 Å². The number of likely N-dealkylation sites (tertiary alicyclic amines) is 1. The molecule has 1 aromatic carbocycles. The summed E-state index contributed by atoms with van der Waals surface area (Å²) < 4.78 is 13.1. The number of hydrogen-bond acceptors (Lipinski definition) is 2. The van der Waals surface area contributed by atoms with Gasteiger partial charge in [-0.15, -0.1) is 0 Å². The lowest BCUT2D eigenvalue weighted by molar-refractivity contribution is -0.125. The van der Waals surface area contributed by atoms with Crippen LogP contribution >= 0.6 is 0 Å². The maximum Gasteiger partial charge on any atom is 0.254 e. The predicted octanol–water partition coefficient (Wildman–Crippen LogP) is 4.30. The van der Waals surface area contributed by atoms with E-state index in [1.165, 1.54) is 62.8 Å². The lowest BCUT2D eigenvalue weighted by Gasteiger charge is -2.27. The van der Waals surface area contributed by atoms with E-state index in [-0.39, 0.29) is 23.7 Å². The van der Waals surface area contributed by atoms with Crippen LogP contribution in [0.1, 0.15) is 75.1 Å². The summed E-state index contributed by atoms with van der Waals surface area (Å²) in [7, 11) is 0. The van der Waals surface area contributed by atoms with E-state index in [0.717, 1.165) is 18.8 Å². The average molecular weight is 375 g/mol. The van der Waals surface area contributed by atoms with Gasteiger partial charge in [-0.05, 0) is 62.8 Å². The smallest absolute Gasteiger partial charge is 0.254 e. The van der Waals surface area contributed by atoms with Crippen molar-refractivity contribution < 1.29 is 14.0 Å². The van der Waals surface area contributed by atoms with Gasteiger partial charge in [0.05, 0.1) is 0 Å². The van der Waals surface area contributed by atoms with Crippen LogP contribution in [0.2, 0.25) is 0 Å². The van der Waals surface area contributed by atoms with Crippen LogP contribution < -0.4 is 5.32 Å². The zero-order valence-electron chi connectivity index (χ0n) is 16.3. The third-order valence-corrected chi connectivity index (χ3v) is 6.03. The van der Waals surface area contributed by atoms with Crippen LogP contribution in [0.3, 0.4) is 0 Å². The van der Waals surface area contributed by atoms with Gasteiger partial charge in [-0.25, -0.2) is 4.39 Å². The molecule has 3 rings (SSSR count). The minimum Gasteiger partial charge on any atom is -0.352 e. The van der Waals surface area contributed by atoms with Crippen molar-refractivity contribution in [2.75, 3.05) is 6.54 Å². The molecule has 148 valence electrons. The number of benzene rings is 1. The van der Waals surface area contributed by atoms with Gasteiger partial charge in [0, 0.05) is 18.2 Å². The first kappa shape index (κ1) is 19.8. The molecule has 0 spiro atoms. The van der Waals surface area contributed by atoms with Gasteiger partial charge >= 0.3 is 0 Å². The Morgan fingerprint density at radius 2 is 1.81 bits per heavy atom. The summed E-state index contributed by atoms with van der Waals surface area (Å²) in [4.78, 5) is 27.1. The van der Waals surface area contributed by atoms with Gasteiger partial charge in [0.1, 0.15) is 11.9 Å². The number of carbonyl (C=O) groups excluding carboxylic acids is 2. The average Bonchev–Trinajstić information content (AvgIpc) is 3.17. The fourth-order valence-electron chi connectivity index (χ4n) is 4.41. The molecule has 0 unspecified atom stereocenters. The van der Waals surface area contributed by atoms with Crippen LogP contribution in [0.4, 0.5) is 4.39 Å². The Bertz CT molecular complexity index is 640. The Kier molecular flexibility index (Phi) is 6.86. The summed E-state index contributed by atoms with van der Waals surface area (Å²) in [6.45, 7) is 2.63. The molecule has 1 N–H and O–H groups in total. The summed E-state index contributed by atoms with van der Waals surface area (Å²) >= 11 is 0. The van der Waals surface area contributed by atoms with E-state index in [1.54, 1.807) is 4.90 Å². The zero-order valence-corrected chi connectivity index (χ0v) is 16.3. The van der Waals surface area contributed by atoms with Gasteiger partial charge in [0.2, 0.25) is 5.91 Å². The summed E-state index contributed by atoms with van der Waals surface area (Å²) in [5.41, 5.74) is 0.432. The summed E-state index contributed by atoms with van der Waals surface area (Å²) in [6, 6.07) is 5.25. The highest BCUT2D eigenvalue weighted by Crippen LogP contribution is 2.28. The largest absolute Gasteiger partial charge is 0.352 e. The molecule has 2 atom stereocenters. The van der Waals surface area contributed by atoms with Crippen LogP contribution in [0.15, 0.2) is 24.3 Å². The van der Waals surface area contributed by atoms with E-state index in [2.05, 4.69) is 12.2 Å². The second-order valence-corrected chi connectivity index (χ2v) is 8.15. The second-order valence-electron chi connectivity index (χ2n) is 8.15. The quantitative estimate of drug-likeness (QED) is 0.807. The topological polar surface area (TPSA) is 49.4 Å². The van der Waals surface area contributed by atoms with Crippen LogP contribution in [0.25, 0.3) is 0 Å². The summed E-state index contributed by atoms with van der Waals surface area (Å²) in [5, 5.41) is 3.11. The fraction of sp³-hybridized carbons (Fsp3) is 0.636. The Balaban J connectivity index is 1.51. The molecule has 1 aromatic rings. The first-order chi connectivity index (χ1) is 13.0. The Morgan fingerprint density at radius 1 is 1.11 bits per heavy atom. The number of nitrogens with zero attached hydrogens (tertiary/aromatic N) is 1. The highest BCUT2D eigenvalue weighted by Gasteiger charge is 2.35. The van der Waals surface area contributed by atoms with Crippen molar-refractivity contribution in [3.05, 3.63) is 35.6 Å². The Hall–Kier alpha value is -1.91. The van der Waals surface area contributed by atoms with E-state index < -0.39 is 6.04 Å². The van der Waals surface area contributed by atoms with Gasteiger partial charge in [-0.3, -0.25) is 9.59 Å². The molecule has 5 heteroatoms. The van der Waals surface area contributed by atoms with Crippen LogP contribution in [0.5, 0.6) is 0 Å². The van der Waals surface area contributed by atoms with Crippen molar-refractivity contribution in [2.45, 2.75) is 76.8 Å². The number of nitrogens with one attached hydrogen (secondary N) is 1. The summed E-state index contributed by atoms with van der Waals surface area (Å²) in [6.07, 6.45) is 10.4. The molecule has 1 aliphatic heterocycles. The molecule has 27 heavy (non-hydrogen) atoms. The normalized spacial score (nSPS) is 21.9. The van der Waals surface area contributed by atoms with E-state index >= 15 is 0 Å². The molecule has 4 nitrogen and oxygen atoms in total. The van der Waals surface area contributed by atoms with E-state index in [9.17, 15) is 14.0 Å². The molecule has 0 bridgehead atoms. The van der Waals surface area contributed by atoms with Gasteiger partial charge < -0.3 is 10.2 Å². The van der Waals surface area contributed by atoms with Crippen LogP contribution in [0, 0.1) is 11.7 Å². The third-order valence-electron chi connectivity index (χ3n) is 6.03. The SMILES string of the molecule is C[C@H](CCC1CCCCC1)NC(=O)[C@@H]1CCCN1C(=O)c1ccc(F)cc1. The fourth-order valence-corrected chi connectivity index (χ4v) is 4.41. The molecule has 1 saturated carbocycles. The van der Waals surface area contributed by atoms with E-state index in [0.29, 0.717) is 18.5 Å². The van der Waals surface area contributed by atoms with Crippen LogP contribution in [-0.4, -0.2) is 35.3 Å². The monoisotopic (exact) mass is 374 g/mol. The highest BCUT2D eigenvalue weighted by molar-refractivity contribution is 5.98. The molecule has 2 fully saturated rings. The predicted molar refractivity (Wildman–Crippen MR) is 104 cm³/mol. The molecule has 1 aliphatic carbocycles. The van der Waals surface area contributed by atoms with Gasteiger partial charge in [0.25, 0.3) is 5.91 Å². The summed E-state index contributed by atoms with van der Waals surface area (Å²) in [5.74, 6) is 0.191. The molecule has 1 saturated heterocycles. The van der Waals surface area contributed by atoms with E-state index in [4.69, 9.17) is 0 Å². The maximum absolute atomic E-state index is 13.1. The van der Waals surface area contributed by atoms with Gasteiger partial charge in [-0.1, -0.05) is 32.1 Å². The highest BCUT2D eigenvalue weighted by atomic mass is 19.1. The number of hydrogen-bond donors (Lipinski definition) is 1. The lowest BCUT2D eigenvalue weighted by Crippen LogP contribution is -2.48. The first-order valence-corrected chi connectivity index (χ1v) is 10.4. The molecular weight excluding hydrogens is 343 g/mol. The Morgan fingerprint density at radius 3 is 2.52 bits per heavy atom.